The van der Waals surface area contributed by atoms with Crippen molar-refractivity contribution in [2.45, 2.75) is 57.4 Å². The number of carbonyl (C=O) groups is 1. The topological polar surface area (TPSA) is 89.3 Å². The number of nitrogens with one attached hydrogen (secondary N) is 2. The van der Waals surface area contributed by atoms with Crippen molar-refractivity contribution in [3.8, 4) is 17.1 Å². The molecule has 0 unspecified atom stereocenters. The maximum absolute atomic E-state index is 12.0. The van der Waals surface area contributed by atoms with Crippen LogP contribution in [-0.2, 0) is 11.2 Å². The second-order valence-corrected chi connectivity index (χ2v) is 7.23. The number of nitrogens with zero attached hydrogens (tertiary/aromatic N) is 2. The number of rotatable bonds is 9. The van der Waals surface area contributed by atoms with E-state index in [1.165, 1.54) is 38.5 Å². The minimum atomic E-state index is 0.00636. The number of benzene rings is 1. The molecule has 28 heavy (non-hydrogen) atoms. The zero-order valence-corrected chi connectivity index (χ0v) is 16.6. The van der Waals surface area contributed by atoms with E-state index < -0.39 is 0 Å². The molecule has 1 heterocycles. The number of carbonyl (C=O) groups excluding carboxylic acids is 1. The number of hydrogen-bond acceptors (Lipinski definition) is 6. The molecule has 0 spiro atoms. The number of hydrogen-bond donors (Lipinski definition) is 2. The summed E-state index contributed by atoms with van der Waals surface area (Å²) in [7, 11) is 1.62. The van der Waals surface area contributed by atoms with Gasteiger partial charge in [-0.15, -0.1) is 0 Å². The molecule has 0 aliphatic heterocycles. The lowest BCUT2D eigenvalue weighted by atomic mass is 10.1. The summed E-state index contributed by atoms with van der Waals surface area (Å²) in [6.45, 7) is 1.47. The van der Waals surface area contributed by atoms with Gasteiger partial charge in [0.05, 0.1) is 7.11 Å². The fourth-order valence-corrected chi connectivity index (χ4v) is 3.48. The average Bonchev–Trinajstić information content (AvgIpc) is 3.05. The van der Waals surface area contributed by atoms with Crippen molar-refractivity contribution in [2.75, 3.05) is 20.2 Å². The van der Waals surface area contributed by atoms with Gasteiger partial charge in [-0.05, 0) is 37.1 Å². The molecule has 1 aliphatic rings. The molecule has 0 bridgehead atoms. The van der Waals surface area contributed by atoms with Gasteiger partial charge in [0.2, 0.25) is 17.6 Å². The van der Waals surface area contributed by atoms with Gasteiger partial charge in [-0.1, -0.05) is 30.8 Å². The summed E-state index contributed by atoms with van der Waals surface area (Å²) in [6, 6.07) is 8.06. The van der Waals surface area contributed by atoms with Crippen LogP contribution in [0.3, 0.4) is 0 Å². The Morgan fingerprint density at radius 3 is 2.61 bits per heavy atom. The third-order valence-corrected chi connectivity index (χ3v) is 5.12. The summed E-state index contributed by atoms with van der Waals surface area (Å²) in [5.74, 6) is 1.77. The van der Waals surface area contributed by atoms with Crippen LogP contribution in [0.4, 0.5) is 0 Å². The van der Waals surface area contributed by atoms with Crippen LogP contribution in [0.2, 0.25) is 0 Å². The van der Waals surface area contributed by atoms with Gasteiger partial charge in [0.15, 0.2) is 0 Å². The van der Waals surface area contributed by atoms with Gasteiger partial charge in [0, 0.05) is 37.5 Å². The number of aryl methyl sites for hydroxylation is 1. The second kappa shape index (κ2) is 10.8. The first-order valence-corrected chi connectivity index (χ1v) is 10.2. The molecule has 0 atom stereocenters. The number of ether oxygens (including phenoxy) is 1. The largest absolute Gasteiger partial charge is 0.497 e. The molecular formula is C21H30N4O3. The summed E-state index contributed by atoms with van der Waals surface area (Å²) >= 11 is 0. The number of aromatic nitrogens is 2. The number of methoxy groups -OCH3 is 1. The van der Waals surface area contributed by atoms with E-state index in [9.17, 15) is 4.79 Å². The summed E-state index contributed by atoms with van der Waals surface area (Å²) in [5, 5.41) is 10.5. The average molecular weight is 386 g/mol. The zero-order valence-electron chi connectivity index (χ0n) is 16.6. The first-order chi connectivity index (χ1) is 13.7. The van der Waals surface area contributed by atoms with E-state index in [0.717, 1.165) is 17.9 Å². The fourth-order valence-electron chi connectivity index (χ4n) is 3.48. The third-order valence-electron chi connectivity index (χ3n) is 5.12. The predicted octanol–water partition coefficient (Wildman–Crippen LogP) is 3.11. The molecule has 3 rings (SSSR count). The smallest absolute Gasteiger partial charge is 0.227 e. The molecule has 152 valence electrons. The van der Waals surface area contributed by atoms with E-state index in [1.54, 1.807) is 7.11 Å². The monoisotopic (exact) mass is 386 g/mol. The van der Waals surface area contributed by atoms with Gasteiger partial charge >= 0.3 is 0 Å². The van der Waals surface area contributed by atoms with E-state index in [4.69, 9.17) is 9.26 Å². The quantitative estimate of drug-likeness (QED) is 0.508. The maximum Gasteiger partial charge on any atom is 0.227 e. The molecule has 7 heteroatoms. The highest BCUT2D eigenvalue weighted by atomic mass is 16.5. The van der Waals surface area contributed by atoms with Crippen molar-refractivity contribution < 1.29 is 14.1 Å². The molecule has 0 radical (unpaired) electrons. The number of amides is 1. The van der Waals surface area contributed by atoms with Gasteiger partial charge in [0.1, 0.15) is 5.75 Å². The molecule has 1 aromatic carbocycles. The van der Waals surface area contributed by atoms with Crippen molar-refractivity contribution in [1.82, 2.24) is 20.8 Å². The van der Waals surface area contributed by atoms with Crippen LogP contribution in [0, 0.1) is 0 Å². The normalized spacial score (nSPS) is 15.2. The van der Waals surface area contributed by atoms with E-state index in [0.29, 0.717) is 37.1 Å². The molecule has 1 amide bonds. The lowest BCUT2D eigenvalue weighted by Gasteiger charge is -2.16. The molecule has 1 aromatic heterocycles. The molecule has 1 fully saturated rings. The van der Waals surface area contributed by atoms with E-state index in [2.05, 4.69) is 20.8 Å². The van der Waals surface area contributed by atoms with Crippen molar-refractivity contribution in [1.29, 1.82) is 0 Å². The van der Waals surface area contributed by atoms with Crippen LogP contribution in [0.15, 0.2) is 28.8 Å². The van der Waals surface area contributed by atoms with Gasteiger partial charge in [0.25, 0.3) is 0 Å². The van der Waals surface area contributed by atoms with E-state index >= 15 is 0 Å². The minimum absolute atomic E-state index is 0.00636. The van der Waals surface area contributed by atoms with Gasteiger partial charge in [-0.2, -0.15) is 4.98 Å². The Balaban J connectivity index is 1.34. The zero-order chi connectivity index (χ0) is 19.6. The third kappa shape index (κ3) is 6.34. The van der Waals surface area contributed by atoms with E-state index in [1.807, 2.05) is 24.3 Å². The van der Waals surface area contributed by atoms with Crippen LogP contribution in [0.5, 0.6) is 5.75 Å². The standard InChI is InChI=1S/C21H30N4O3/c1-27-18-10-8-16(9-11-18)21-24-20(28-25-21)13-12-19(26)23-15-14-22-17-6-4-2-3-5-7-17/h8-11,17,22H,2-7,12-15H2,1H3,(H,23,26). The molecule has 1 saturated carbocycles. The lowest BCUT2D eigenvalue weighted by molar-refractivity contribution is -0.121. The highest BCUT2D eigenvalue weighted by Crippen LogP contribution is 2.20. The van der Waals surface area contributed by atoms with Gasteiger partial charge in [-0.3, -0.25) is 4.79 Å². The van der Waals surface area contributed by atoms with Crippen molar-refractivity contribution in [3.63, 3.8) is 0 Å². The maximum atomic E-state index is 12.0. The van der Waals surface area contributed by atoms with Crippen LogP contribution < -0.4 is 15.4 Å². The Morgan fingerprint density at radius 1 is 1.14 bits per heavy atom. The van der Waals surface area contributed by atoms with Crippen LogP contribution >= 0.6 is 0 Å². The highest BCUT2D eigenvalue weighted by Gasteiger charge is 2.12. The van der Waals surface area contributed by atoms with Crippen molar-refractivity contribution in [3.05, 3.63) is 30.2 Å². The Kier molecular flexibility index (Phi) is 7.84. The Hall–Kier alpha value is -2.41. The SMILES string of the molecule is COc1ccc(-c2noc(CCC(=O)NCCNC3CCCCCC3)n2)cc1. The first-order valence-electron chi connectivity index (χ1n) is 10.2. The Morgan fingerprint density at radius 2 is 1.89 bits per heavy atom. The summed E-state index contributed by atoms with van der Waals surface area (Å²) in [6.07, 6.45) is 8.61. The molecule has 1 aliphatic carbocycles. The fraction of sp³-hybridized carbons (Fsp3) is 0.571. The highest BCUT2D eigenvalue weighted by molar-refractivity contribution is 5.76. The minimum Gasteiger partial charge on any atom is -0.497 e. The van der Waals surface area contributed by atoms with Crippen LogP contribution in [0.1, 0.15) is 50.8 Å². The lowest BCUT2D eigenvalue weighted by Crippen LogP contribution is -2.36. The Labute approximate surface area is 166 Å². The van der Waals surface area contributed by atoms with Gasteiger partial charge in [-0.25, -0.2) is 0 Å². The molecule has 0 saturated heterocycles. The molecular weight excluding hydrogens is 356 g/mol. The van der Waals surface area contributed by atoms with Gasteiger partial charge < -0.3 is 19.9 Å². The molecule has 2 N–H and O–H groups in total. The first kappa shape index (κ1) is 20.3. The van der Waals surface area contributed by atoms with Crippen LogP contribution in [-0.4, -0.2) is 42.3 Å². The van der Waals surface area contributed by atoms with Crippen molar-refractivity contribution >= 4 is 5.91 Å². The van der Waals surface area contributed by atoms with Crippen LogP contribution in [0.25, 0.3) is 11.4 Å². The van der Waals surface area contributed by atoms with Crippen molar-refractivity contribution in [2.24, 2.45) is 0 Å². The predicted molar refractivity (Wildman–Crippen MR) is 107 cm³/mol. The molecule has 7 nitrogen and oxygen atoms in total. The summed E-state index contributed by atoms with van der Waals surface area (Å²) < 4.78 is 10.4. The second-order valence-electron chi connectivity index (χ2n) is 7.23. The summed E-state index contributed by atoms with van der Waals surface area (Å²) in [4.78, 5) is 16.4. The van der Waals surface area contributed by atoms with E-state index in [-0.39, 0.29) is 5.91 Å². The Bertz CT molecular complexity index is 722. The molecule has 2 aromatic rings. The summed E-state index contributed by atoms with van der Waals surface area (Å²) in [5.41, 5.74) is 0.852.